The maximum Gasteiger partial charge on any atom is 0.255 e. The van der Waals surface area contributed by atoms with Gasteiger partial charge < -0.3 is 19.5 Å². The first-order chi connectivity index (χ1) is 13.9. The van der Waals surface area contributed by atoms with Gasteiger partial charge >= 0.3 is 0 Å². The lowest BCUT2D eigenvalue weighted by atomic mass is 9.62. The number of nitrogens with one attached hydrogen (secondary N) is 2. The third kappa shape index (κ3) is 4.97. The molecule has 2 N–H and O–H groups in total. The largest absolute Gasteiger partial charge is 0.466 e. The minimum atomic E-state index is -0.122. The number of hydrogen-bond acceptors (Lipinski definition) is 4. The summed E-state index contributed by atoms with van der Waals surface area (Å²) in [5.74, 6) is 2.53. The number of furan rings is 2. The van der Waals surface area contributed by atoms with Crippen molar-refractivity contribution in [3.8, 4) is 0 Å². The Balaban J connectivity index is 1.68. The zero-order valence-corrected chi connectivity index (χ0v) is 19.2. The van der Waals surface area contributed by atoms with E-state index in [0.717, 1.165) is 30.8 Å². The molecule has 0 aromatic carbocycles. The summed E-state index contributed by atoms with van der Waals surface area (Å²) in [5.41, 5.74) is 1.11. The van der Waals surface area contributed by atoms with Gasteiger partial charge in [-0.15, -0.1) is 0 Å². The van der Waals surface area contributed by atoms with Crippen LogP contribution in [0.3, 0.4) is 0 Å². The summed E-state index contributed by atoms with van der Waals surface area (Å²) in [5, 5.41) is 6.30. The molecule has 0 aliphatic heterocycles. The average molecular weight is 415 g/mol. The SMILES string of the molecule is Cc1cc(C(=O)NCC2(C)CC(NC(=O)c3cc(C)oc3C)CC(C)(C)C2)c(C)o1. The molecule has 2 atom stereocenters. The third-order valence-corrected chi connectivity index (χ3v) is 6.03. The molecule has 1 saturated carbocycles. The summed E-state index contributed by atoms with van der Waals surface area (Å²) in [4.78, 5) is 25.5. The minimum Gasteiger partial charge on any atom is -0.466 e. The molecular weight excluding hydrogens is 380 g/mol. The molecule has 2 heterocycles. The number of hydrogen-bond donors (Lipinski definition) is 2. The zero-order valence-electron chi connectivity index (χ0n) is 19.2. The van der Waals surface area contributed by atoms with Crippen molar-refractivity contribution in [1.82, 2.24) is 10.6 Å². The summed E-state index contributed by atoms with van der Waals surface area (Å²) in [6, 6.07) is 3.60. The highest BCUT2D eigenvalue weighted by Gasteiger charge is 2.42. The van der Waals surface area contributed by atoms with Crippen LogP contribution in [0.2, 0.25) is 0 Å². The second-order valence-electron chi connectivity index (χ2n) is 10.1. The Morgan fingerprint density at radius 3 is 1.97 bits per heavy atom. The number of rotatable bonds is 5. The third-order valence-electron chi connectivity index (χ3n) is 6.03. The van der Waals surface area contributed by atoms with Crippen molar-refractivity contribution >= 4 is 11.8 Å². The van der Waals surface area contributed by atoms with Gasteiger partial charge in [0.1, 0.15) is 23.0 Å². The molecule has 6 heteroatoms. The van der Waals surface area contributed by atoms with E-state index >= 15 is 0 Å². The standard InChI is InChI=1S/C24H34N2O4/c1-14-8-19(16(3)29-14)21(27)25-13-24(7)11-18(10-23(5,6)12-24)26-22(28)20-9-15(2)30-17(20)4/h8-9,18H,10-13H2,1-7H3,(H,25,27)(H,26,28). The number of carbonyl (C=O) groups excluding carboxylic acids is 2. The van der Waals surface area contributed by atoms with E-state index in [2.05, 4.69) is 31.4 Å². The molecule has 0 radical (unpaired) electrons. The highest BCUT2D eigenvalue weighted by atomic mass is 16.3. The molecule has 0 bridgehead atoms. The van der Waals surface area contributed by atoms with Crippen LogP contribution in [0.15, 0.2) is 21.0 Å². The molecule has 3 rings (SSSR count). The Labute approximate surface area is 178 Å². The van der Waals surface area contributed by atoms with Crippen LogP contribution in [0.25, 0.3) is 0 Å². The first kappa shape index (κ1) is 22.2. The molecule has 6 nitrogen and oxygen atoms in total. The van der Waals surface area contributed by atoms with Gasteiger partial charge in [-0.25, -0.2) is 0 Å². The van der Waals surface area contributed by atoms with E-state index in [1.165, 1.54) is 0 Å². The monoisotopic (exact) mass is 414 g/mol. The van der Waals surface area contributed by atoms with Crippen LogP contribution >= 0.6 is 0 Å². The van der Waals surface area contributed by atoms with Crippen molar-refractivity contribution < 1.29 is 18.4 Å². The van der Waals surface area contributed by atoms with Gasteiger partial charge in [-0.3, -0.25) is 9.59 Å². The molecule has 1 aliphatic carbocycles. The Morgan fingerprint density at radius 1 is 0.933 bits per heavy atom. The summed E-state index contributed by atoms with van der Waals surface area (Å²) >= 11 is 0. The van der Waals surface area contributed by atoms with Gasteiger partial charge in [-0.2, -0.15) is 0 Å². The lowest BCUT2D eigenvalue weighted by molar-refractivity contribution is 0.0591. The van der Waals surface area contributed by atoms with Gasteiger partial charge in [0.05, 0.1) is 11.1 Å². The van der Waals surface area contributed by atoms with Crippen LogP contribution in [0.1, 0.15) is 83.8 Å². The van der Waals surface area contributed by atoms with Crippen molar-refractivity contribution in [2.75, 3.05) is 6.54 Å². The van der Waals surface area contributed by atoms with Crippen LogP contribution in [0, 0.1) is 38.5 Å². The van der Waals surface area contributed by atoms with E-state index in [0.29, 0.717) is 29.2 Å². The molecule has 2 aromatic rings. The van der Waals surface area contributed by atoms with Crippen LogP contribution < -0.4 is 10.6 Å². The van der Waals surface area contributed by atoms with Gasteiger partial charge in [-0.1, -0.05) is 20.8 Å². The summed E-state index contributed by atoms with van der Waals surface area (Å²) in [7, 11) is 0. The van der Waals surface area contributed by atoms with E-state index in [-0.39, 0.29) is 28.7 Å². The van der Waals surface area contributed by atoms with Crippen molar-refractivity contribution in [2.45, 2.75) is 73.8 Å². The van der Waals surface area contributed by atoms with Gasteiger partial charge in [-0.05, 0) is 69.9 Å². The second-order valence-corrected chi connectivity index (χ2v) is 10.1. The predicted molar refractivity (Wildman–Crippen MR) is 116 cm³/mol. The van der Waals surface area contributed by atoms with Crippen LogP contribution in [0.4, 0.5) is 0 Å². The van der Waals surface area contributed by atoms with Crippen molar-refractivity contribution in [2.24, 2.45) is 10.8 Å². The molecule has 30 heavy (non-hydrogen) atoms. The molecule has 1 aliphatic rings. The number of amides is 2. The highest BCUT2D eigenvalue weighted by molar-refractivity contribution is 5.96. The van der Waals surface area contributed by atoms with E-state index in [1.54, 1.807) is 19.1 Å². The highest BCUT2D eigenvalue weighted by Crippen LogP contribution is 2.46. The van der Waals surface area contributed by atoms with Crippen molar-refractivity contribution in [1.29, 1.82) is 0 Å². The maximum atomic E-state index is 12.8. The van der Waals surface area contributed by atoms with Gasteiger partial charge in [0.15, 0.2) is 0 Å². The molecule has 0 saturated heterocycles. The molecule has 2 unspecified atom stereocenters. The molecule has 2 amide bonds. The van der Waals surface area contributed by atoms with Crippen LogP contribution in [-0.2, 0) is 0 Å². The van der Waals surface area contributed by atoms with Crippen molar-refractivity contribution in [3.05, 3.63) is 46.3 Å². The van der Waals surface area contributed by atoms with Crippen molar-refractivity contribution in [3.63, 3.8) is 0 Å². The summed E-state index contributed by atoms with van der Waals surface area (Å²) in [6.07, 6.45) is 2.68. The van der Waals surface area contributed by atoms with Crippen LogP contribution in [-0.4, -0.2) is 24.4 Å². The first-order valence-corrected chi connectivity index (χ1v) is 10.6. The first-order valence-electron chi connectivity index (χ1n) is 10.6. The normalized spacial score (nSPS) is 23.2. The zero-order chi connectivity index (χ0) is 22.3. The minimum absolute atomic E-state index is 0.0377. The molecule has 164 valence electrons. The molecule has 1 fully saturated rings. The van der Waals surface area contributed by atoms with E-state index < -0.39 is 0 Å². The lowest BCUT2D eigenvalue weighted by Crippen LogP contribution is -2.50. The van der Waals surface area contributed by atoms with Gasteiger partial charge in [0.25, 0.3) is 11.8 Å². The van der Waals surface area contributed by atoms with E-state index in [4.69, 9.17) is 8.83 Å². The molecular formula is C24H34N2O4. The predicted octanol–water partition coefficient (Wildman–Crippen LogP) is 4.85. The number of aryl methyl sites for hydroxylation is 4. The summed E-state index contributed by atoms with van der Waals surface area (Å²) in [6.45, 7) is 14.5. The Morgan fingerprint density at radius 2 is 1.47 bits per heavy atom. The Kier molecular flexibility index (Phi) is 5.89. The fraction of sp³-hybridized carbons (Fsp3) is 0.583. The quantitative estimate of drug-likeness (QED) is 0.732. The average Bonchev–Trinajstić information content (AvgIpc) is 3.11. The van der Waals surface area contributed by atoms with Crippen LogP contribution in [0.5, 0.6) is 0 Å². The Hall–Kier alpha value is -2.50. The molecule has 0 spiro atoms. The topological polar surface area (TPSA) is 84.5 Å². The summed E-state index contributed by atoms with van der Waals surface area (Å²) < 4.78 is 11.0. The van der Waals surface area contributed by atoms with E-state index in [9.17, 15) is 9.59 Å². The van der Waals surface area contributed by atoms with Gasteiger partial charge in [0, 0.05) is 12.6 Å². The maximum absolute atomic E-state index is 12.8. The lowest BCUT2D eigenvalue weighted by Gasteiger charge is -2.47. The van der Waals surface area contributed by atoms with E-state index in [1.807, 2.05) is 20.8 Å². The molecule has 2 aromatic heterocycles. The second kappa shape index (κ2) is 7.97. The van der Waals surface area contributed by atoms with Gasteiger partial charge in [0.2, 0.25) is 0 Å². The number of carbonyl (C=O) groups is 2. The smallest absolute Gasteiger partial charge is 0.255 e. The fourth-order valence-electron chi connectivity index (χ4n) is 5.23. The Bertz CT molecular complexity index is 953. The fourth-order valence-corrected chi connectivity index (χ4v) is 5.23.